The molecule has 1 unspecified atom stereocenters. The highest BCUT2D eigenvalue weighted by molar-refractivity contribution is 6.30. The van der Waals surface area contributed by atoms with Crippen LogP contribution >= 0.6 is 11.6 Å². The van der Waals surface area contributed by atoms with Crippen molar-refractivity contribution in [2.24, 2.45) is 0 Å². The van der Waals surface area contributed by atoms with Crippen molar-refractivity contribution in [3.05, 3.63) is 34.0 Å². The molecule has 2 amide bonds. The SMILES string of the molecule is CCCC1=C(C(=O)OC(C)C)C(c2cc(Cl)cc(OC)c2O)NC(=O)N1. The predicted octanol–water partition coefficient (Wildman–Crippen LogP) is 3.41. The van der Waals surface area contributed by atoms with Crippen LogP contribution < -0.4 is 15.4 Å². The summed E-state index contributed by atoms with van der Waals surface area (Å²) in [6.45, 7) is 5.41. The molecule has 142 valence electrons. The van der Waals surface area contributed by atoms with E-state index in [1.54, 1.807) is 13.8 Å². The van der Waals surface area contributed by atoms with Gasteiger partial charge in [0.25, 0.3) is 0 Å². The summed E-state index contributed by atoms with van der Waals surface area (Å²) in [4.78, 5) is 24.8. The van der Waals surface area contributed by atoms with E-state index >= 15 is 0 Å². The molecule has 1 aliphatic heterocycles. The molecular formula is C18H23ClN2O5. The number of allylic oxidation sites excluding steroid dienone is 1. The second kappa shape index (κ2) is 8.31. The fraction of sp³-hybridized carbons (Fsp3) is 0.444. The second-order valence-electron chi connectivity index (χ2n) is 6.17. The molecule has 0 aliphatic carbocycles. The molecular weight excluding hydrogens is 360 g/mol. The van der Waals surface area contributed by atoms with Crippen molar-refractivity contribution in [1.82, 2.24) is 10.6 Å². The first-order valence-corrected chi connectivity index (χ1v) is 8.74. The van der Waals surface area contributed by atoms with E-state index in [9.17, 15) is 14.7 Å². The molecule has 0 bridgehead atoms. The van der Waals surface area contributed by atoms with Crippen LogP contribution in [0.25, 0.3) is 0 Å². The molecule has 0 radical (unpaired) electrons. The van der Waals surface area contributed by atoms with Gasteiger partial charge in [-0.15, -0.1) is 0 Å². The molecule has 0 saturated heterocycles. The Morgan fingerprint density at radius 1 is 1.38 bits per heavy atom. The van der Waals surface area contributed by atoms with Crippen LogP contribution in [0.2, 0.25) is 5.02 Å². The van der Waals surface area contributed by atoms with Crippen molar-refractivity contribution in [3.63, 3.8) is 0 Å². The monoisotopic (exact) mass is 382 g/mol. The second-order valence-corrected chi connectivity index (χ2v) is 6.61. The van der Waals surface area contributed by atoms with Crippen LogP contribution in [-0.4, -0.2) is 30.3 Å². The summed E-state index contributed by atoms with van der Waals surface area (Å²) >= 11 is 6.11. The molecule has 7 nitrogen and oxygen atoms in total. The summed E-state index contributed by atoms with van der Waals surface area (Å²) in [5.41, 5.74) is 0.957. The molecule has 1 aromatic carbocycles. The van der Waals surface area contributed by atoms with Crippen LogP contribution in [-0.2, 0) is 9.53 Å². The molecule has 0 spiro atoms. The number of urea groups is 1. The highest BCUT2D eigenvalue weighted by Gasteiger charge is 2.36. The molecule has 8 heteroatoms. The summed E-state index contributed by atoms with van der Waals surface area (Å²) in [7, 11) is 1.39. The van der Waals surface area contributed by atoms with Crippen molar-refractivity contribution in [2.75, 3.05) is 7.11 Å². The van der Waals surface area contributed by atoms with Crippen LogP contribution in [0.3, 0.4) is 0 Å². The summed E-state index contributed by atoms with van der Waals surface area (Å²) in [6.07, 6.45) is 0.856. The molecule has 1 heterocycles. The normalized spacial score (nSPS) is 17.0. The van der Waals surface area contributed by atoms with Gasteiger partial charge >= 0.3 is 12.0 Å². The average molecular weight is 383 g/mol. The zero-order chi connectivity index (χ0) is 19.4. The standard InChI is InChI=1S/C18H23ClN2O5/c1-5-6-12-14(17(23)26-9(2)3)15(21-18(24)20-12)11-7-10(19)8-13(25-4)16(11)22/h7-9,15,22H,5-6H2,1-4H3,(H2,20,21,24). The number of phenolic OH excluding ortho intramolecular Hbond substituents is 1. The molecule has 1 aromatic rings. The molecule has 3 N–H and O–H groups in total. The summed E-state index contributed by atoms with van der Waals surface area (Å²) < 4.78 is 10.5. The van der Waals surface area contributed by atoms with Crippen molar-refractivity contribution in [3.8, 4) is 11.5 Å². The number of hydrogen-bond donors (Lipinski definition) is 3. The van der Waals surface area contributed by atoms with Gasteiger partial charge in [0, 0.05) is 22.3 Å². The lowest BCUT2D eigenvalue weighted by atomic mass is 9.93. The summed E-state index contributed by atoms with van der Waals surface area (Å²) in [6, 6.07) is 1.55. The zero-order valence-corrected chi connectivity index (χ0v) is 15.9. The number of carbonyl (C=O) groups excluding carboxylic acids is 2. The lowest BCUT2D eigenvalue weighted by Gasteiger charge is -2.30. The van der Waals surface area contributed by atoms with Crippen molar-refractivity contribution < 1.29 is 24.2 Å². The van der Waals surface area contributed by atoms with Crippen LogP contribution in [0.15, 0.2) is 23.4 Å². The van der Waals surface area contributed by atoms with Gasteiger partial charge in [0.1, 0.15) is 0 Å². The topological polar surface area (TPSA) is 96.9 Å². The number of nitrogens with one attached hydrogen (secondary N) is 2. The molecule has 0 fully saturated rings. The Bertz CT molecular complexity index is 745. The maximum absolute atomic E-state index is 12.7. The molecule has 0 aromatic heterocycles. The van der Waals surface area contributed by atoms with Crippen LogP contribution in [0.4, 0.5) is 4.79 Å². The van der Waals surface area contributed by atoms with Gasteiger partial charge in [-0.3, -0.25) is 0 Å². The maximum Gasteiger partial charge on any atom is 0.338 e. The van der Waals surface area contributed by atoms with E-state index in [4.69, 9.17) is 21.1 Å². The van der Waals surface area contributed by atoms with Crippen molar-refractivity contribution in [1.29, 1.82) is 0 Å². The fourth-order valence-corrected chi connectivity index (χ4v) is 3.00. The van der Waals surface area contributed by atoms with E-state index < -0.39 is 18.0 Å². The Hall–Kier alpha value is -2.41. The number of amides is 2. The number of aromatic hydroxyl groups is 1. The molecule has 2 rings (SSSR count). The smallest absolute Gasteiger partial charge is 0.338 e. The maximum atomic E-state index is 12.7. The molecule has 26 heavy (non-hydrogen) atoms. The highest BCUT2D eigenvalue weighted by atomic mass is 35.5. The quantitative estimate of drug-likeness (QED) is 0.655. The Balaban J connectivity index is 2.63. The van der Waals surface area contributed by atoms with Crippen LogP contribution in [0.1, 0.15) is 45.2 Å². The number of ether oxygens (including phenoxy) is 2. The van der Waals surface area contributed by atoms with E-state index in [2.05, 4.69) is 10.6 Å². The largest absolute Gasteiger partial charge is 0.504 e. The molecule has 1 atom stereocenters. The third-order valence-corrected chi connectivity index (χ3v) is 4.03. The fourth-order valence-electron chi connectivity index (χ4n) is 2.79. The number of methoxy groups -OCH3 is 1. The average Bonchev–Trinajstić information content (AvgIpc) is 2.55. The van der Waals surface area contributed by atoms with Crippen LogP contribution in [0.5, 0.6) is 11.5 Å². The van der Waals surface area contributed by atoms with Crippen molar-refractivity contribution >= 4 is 23.6 Å². The number of carbonyl (C=O) groups is 2. The van der Waals surface area contributed by atoms with E-state index in [0.717, 1.165) is 0 Å². The van der Waals surface area contributed by atoms with Gasteiger partial charge in [-0.2, -0.15) is 0 Å². The number of benzene rings is 1. The third-order valence-electron chi connectivity index (χ3n) is 3.82. The minimum absolute atomic E-state index is 0.147. The Labute approximate surface area is 157 Å². The number of esters is 1. The first-order valence-electron chi connectivity index (χ1n) is 8.36. The number of hydrogen-bond acceptors (Lipinski definition) is 5. The minimum atomic E-state index is -0.913. The lowest BCUT2D eigenvalue weighted by molar-refractivity contribution is -0.143. The lowest BCUT2D eigenvalue weighted by Crippen LogP contribution is -2.46. The number of halogens is 1. The Kier molecular flexibility index (Phi) is 6.37. The summed E-state index contributed by atoms with van der Waals surface area (Å²) in [5.74, 6) is -0.622. The van der Waals surface area contributed by atoms with E-state index in [1.807, 2.05) is 6.92 Å². The van der Waals surface area contributed by atoms with Gasteiger partial charge in [0.05, 0.1) is 24.8 Å². The van der Waals surface area contributed by atoms with Gasteiger partial charge in [-0.25, -0.2) is 9.59 Å². The Morgan fingerprint density at radius 3 is 2.65 bits per heavy atom. The van der Waals surface area contributed by atoms with E-state index in [-0.39, 0.29) is 28.7 Å². The van der Waals surface area contributed by atoms with Gasteiger partial charge in [0.15, 0.2) is 11.5 Å². The first kappa shape index (κ1) is 19.9. The van der Waals surface area contributed by atoms with Gasteiger partial charge in [-0.05, 0) is 26.3 Å². The van der Waals surface area contributed by atoms with Gasteiger partial charge in [0.2, 0.25) is 0 Å². The number of rotatable bonds is 6. The first-order chi connectivity index (χ1) is 12.3. The third kappa shape index (κ3) is 4.22. The highest BCUT2D eigenvalue weighted by Crippen LogP contribution is 2.41. The molecule has 1 aliphatic rings. The predicted molar refractivity (Wildman–Crippen MR) is 97.2 cm³/mol. The van der Waals surface area contributed by atoms with Gasteiger partial charge in [-0.1, -0.05) is 24.9 Å². The van der Waals surface area contributed by atoms with Crippen molar-refractivity contribution in [2.45, 2.75) is 45.8 Å². The Morgan fingerprint density at radius 2 is 2.08 bits per heavy atom. The molecule has 0 saturated carbocycles. The minimum Gasteiger partial charge on any atom is -0.504 e. The van der Waals surface area contributed by atoms with Crippen LogP contribution in [0, 0.1) is 0 Å². The summed E-state index contributed by atoms with van der Waals surface area (Å²) in [5, 5.41) is 16.1. The number of phenols is 1. The van der Waals surface area contributed by atoms with E-state index in [0.29, 0.717) is 23.6 Å². The van der Waals surface area contributed by atoms with Gasteiger partial charge < -0.3 is 25.2 Å². The zero-order valence-electron chi connectivity index (χ0n) is 15.2. The van der Waals surface area contributed by atoms with E-state index in [1.165, 1.54) is 19.2 Å².